The average Bonchev–Trinajstić information content (AvgIpc) is 2.89. The molecule has 1 aromatic heterocycles. The molecule has 5 nitrogen and oxygen atoms in total. The summed E-state index contributed by atoms with van der Waals surface area (Å²) in [4.78, 5) is 2.15. The number of nitrogen functional groups attached to an aromatic ring is 1. The van der Waals surface area contributed by atoms with Crippen molar-refractivity contribution in [2.75, 3.05) is 33.0 Å². The molecule has 0 unspecified atom stereocenters. The van der Waals surface area contributed by atoms with Crippen LogP contribution < -0.4 is 10.5 Å². The SMILES string of the molecule is CN(C)CCCOc1nn(Cc2ccccc2)c2ccc(N)cc12. The molecule has 2 aromatic carbocycles. The molecule has 126 valence electrons. The number of hydrogen-bond acceptors (Lipinski definition) is 4. The van der Waals surface area contributed by atoms with Gasteiger partial charge in [-0.25, -0.2) is 0 Å². The lowest BCUT2D eigenvalue weighted by atomic mass is 10.2. The number of nitrogens with zero attached hydrogens (tertiary/aromatic N) is 3. The van der Waals surface area contributed by atoms with Crippen molar-refractivity contribution in [1.82, 2.24) is 14.7 Å². The first-order valence-electron chi connectivity index (χ1n) is 8.21. The number of rotatable bonds is 7. The largest absolute Gasteiger partial charge is 0.476 e. The van der Waals surface area contributed by atoms with E-state index >= 15 is 0 Å². The lowest BCUT2D eigenvalue weighted by Gasteiger charge is -2.09. The summed E-state index contributed by atoms with van der Waals surface area (Å²) in [6, 6.07) is 16.1. The van der Waals surface area contributed by atoms with E-state index in [-0.39, 0.29) is 0 Å². The van der Waals surface area contributed by atoms with E-state index in [4.69, 9.17) is 10.5 Å². The Morgan fingerprint density at radius 3 is 2.67 bits per heavy atom. The van der Waals surface area contributed by atoms with Crippen molar-refractivity contribution in [1.29, 1.82) is 0 Å². The van der Waals surface area contributed by atoms with E-state index in [1.54, 1.807) is 0 Å². The van der Waals surface area contributed by atoms with Crippen LogP contribution in [0.2, 0.25) is 0 Å². The standard InChI is InChI=1S/C19H24N4O/c1-22(2)11-6-12-24-19-17-13-16(20)9-10-18(17)23(21-19)14-15-7-4-3-5-8-15/h3-5,7-10,13H,6,11-12,14,20H2,1-2H3. The van der Waals surface area contributed by atoms with Crippen molar-refractivity contribution in [2.24, 2.45) is 0 Å². The molecule has 0 spiro atoms. The molecule has 0 amide bonds. The zero-order valence-electron chi connectivity index (χ0n) is 14.3. The summed E-state index contributed by atoms with van der Waals surface area (Å²) in [5.74, 6) is 0.659. The summed E-state index contributed by atoms with van der Waals surface area (Å²) in [5, 5.41) is 5.64. The molecule has 0 aliphatic rings. The predicted octanol–water partition coefficient (Wildman–Crippen LogP) is 3.00. The normalized spacial score (nSPS) is 11.3. The summed E-state index contributed by atoms with van der Waals surface area (Å²) in [6.45, 7) is 2.34. The van der Waals surface area contributed by atoms with E-state index in [1.807, 2.05) is 41.1 Å². The Kier molecular flexibility index (Phi) is 5.01. The maximum atomic E-state index is 5.95. The fourth-order valence-corrected chi connectivity index (χ4v) is 2.70. The minimum Gasteiger partial charge on any atom is -0.476 e. The Labute approximate surface area is 142 Å². The van der Waals surface area contributed by atoms with E-state index in [0.717, 1.165) is 29.6 Å². The van der Waals surface area contributed by atoms with Gasteiger partial charge in [-0.05, 0) is 44.3 Å². The fraction of sp³-hybridized carbons (Fsp3) is 0.316. The van der Waals surface area contributed by atoms with Gasteiger partial charge in [0.1, 0.15) is 0 Å². The molecule has 24 heavy (non-hydrogen) atoms. The second-order valence-electron chi connectivity index (χ2n) is 6.23. The first kappa shape index (κ1) is 16.3. The van der Waals surface area contributed by atoms with E-state index in [9.17, 15) is 0 Å². The van der Waals surface area contributed by atoms with Crippen LogP contribution in [0, 0.1) is 0 Å². The molecule has 0 fully saturated rings. The third-order valence-electron chi connectivity index (χ3n) is 3.90. The number of nitrogens with two attached hydrogens (primary N) is 1. The zero-order valence-corrected chi connectivity index (χ0v) is 14.3. The van der Waals surface area contributed by atoms with Crippen LogP contribution >= 0.6 is 0 Å². The molecular weight excluding hydrogens is 300 g/mol. The molecule has 0 atom stereocenters. The molecule has 0 aliphatic heterocycles. The van der Waals surface area contributed by atoms with E-state index < -0.39 is 0 Å². The number of ether oxygens (including phenoxy) is 1. The Morgan fingerprint density at radius 2 is 1.92 bits per heavy atom. The van der Waals surface area contributed by atoms with Crippen LogP contribution in [-0.4, -0.2) is 41.9 Å². The zero-order chi connectivity index (χ0) is 16.9. The van der Waals surface area contributed by atoms with Crippen molar-refractivity contribution in [3.05, 3.63) is 54.1 Å². The average molecular weight is 324 g/mol. The van der Waals surface area contributed by atoms with Gasteiger partial charge in [0.2, 0.25) is 5.88 Å². The smallest absolute Gasteiger partial charge is 0.240 e. The maximum Gasteiger partial charge on any atom is 0.240 e. The van der Waals surface area contributed by atoms with Crippen LogP contribution in [0.5, 0.6) is 5.88 Å². The highest BCUT2D eigenvalue weighted by atomic mass is 16.5. The minimum atomic E-state index is 0.643. The molecule has 0 aliphatic carbocycles. The Hall–Kier alpha value is -2.53. The van der Waals surface area contributed by atoms with Crippen LogP contribution in [-0.2, 0) is 6.54 Å². The summed E-state index contributed by atoms with van der Waals surface area (Å²) in [7, 11) is 4.12. The van der Waals surface area contributed by atoms with Crippen molar-refractivity contribution < 1.29 is 4.74 Å². The molecular formula is C19H24N4O. The third kappa shape index (κ3) is 3.86. The van der Waals surface area contributed by atoms with Crippen molar-refractivity contribution >= 4 is 16.6 Å². The molecule has 0 saturated carbocycles. The summed E-state index contributed by atoms with van der Waals surface area (Å²) in [6.07, 6.45) is 0.961. The van der Waals surface area contributed by atoms with Crippen molar-refractivity contribution in [3.8, 4) is 5.88 Å². The van der Waals surface area contributed by atoms with E-state index in [1.165, 1.54) is 5.56 Å². The quantitative estimate of drug-likeness (QED) is 0.536. The maximum absolute atomic E-state index is 5.95. The topological polar surface area (TPSA) is 56.3 Å². The summed E-state index contributed by atoms with van der Waals surface area (Å²) in [5.41, 5.74) is 8.92. The molecule has 3 rings (SSSR count). The number of hydrogen-bond donors (Lipinski definition) is 1. The van der Waals surface area contributed by atoms with Gasteiger partial charge in [0, 0.05) is 12.2 Å². The van der Waals surface area contributed by atoms with Crippen LogP contribution in [0.25, 0.3) is 10.9 Å². The Bertz CT molecular complexity index is 796. The van der Waals surface area contributed by atoms with Gasteiger partial charge in [-0.15, -0.1) is 5.10 Å². The van der Waals surface area contributed by atoms with Crippen molar-refractivity contribution in [2.45, 2.75) is 13.0 Å². The van der Waals surface area contributed by atoms with Gasteiger partial charge >= 0.3 is 0 Å². The number of aromatic nitrogens is 2. The van der Waals surface area contributed by atoms with Gasteiger partial charge in [0.15, 0.2) is 0 Å². The fourth-order valence-electron chi connectivity index (χ4n) is 2.70. The molecule has 0 radical (unpaired) electrons. The Morgan fingerprint density at radius 1 is 1.12 bits per heavy atom. The highest BCUT2D eigenvalue weighted by Crippen LogP contribution is 2.27. The summed E-state index contributed by atoms with van der Waals surface area (Å²) >= 11 is 0. The van der Waals surface area contributed by atoms with Crippen LogP contribution in [0.15, 0.2) is 48.5 Å². The van der Waals surface area contributed by atoms with Gasteiger partial charge in [0.25, 0.3) is 0 Å². The van der Waals surface area contributed by atoms with Gasteiger partial charge in [0.05, 0.1) is 24.1 Å². The molecule has 1 heterocycles. The first-order chi connectivity index (χ1) is 11.6. The number of benzene rings is 2. The van der Waals surface area contributed by atoms with Gasteiger partial charge < -0.3 is 15.4 Å². The van der Waals surface area contributed by atoms with Gasteiger partial charge in [-0.1, -0.05) is 30.3 Å². The molecule has 3 aromatic rings. The molecule has 0 saturated heterocycles. The second kappa shape index (κ2) is 7.36. The number of anilines is 1. The van der Waals surface area contributed by atoms with Crippen molar-refractivity contribution in [3.63, 3.8) is 0 Å². The van der Waals surface area contributed by atoms with Crippen LogP contribution in [0.3, 0.4) is 0 Å². The van der Waals surface area contributed by atoms with E-state index in [0.29, 0.717) is 19.0 Å². The molecule has 0 bridgehead atoms. The van der Waals surface area contributed by atoms with Gasteiger partial charge in [-0.2, -0.15) is 0 Å². The first-order valence-corrected chi connectivity index (χ1v) is 8.21. The lowest BCUT2D eigenvalue weighted by molar-refractivity contribution is 0.273. The molecule has 5 heteroatoms. The van der Waals surface area contributed by atoms with Crippen LogP contribution in [0.4, 0.5) is 5.69 Å². The third-order valence-corrected chi connectivity index (χ3v) is 3.90. The van der Waals surface area contributed by atoms with Gasteiger partial charge in [-0.3, -0.25) is 4.68 Å². The highest BCUT2D eigenvalue weighted by molar-refractivity contribution is 5.87. The van der Waals surface area contributed by atoms with Crippen LogP contribution in [0.1, 0.15) is 12.0 Å². The monoisotopic (exact) mass is 324 g/mol. The summed E-state index contributed by atoms with van der Waals surface area (Å²) < 4.78 is 7.91. The predicted molar refractivity (Wildman–Crippen MR) is 98.4 cm³/mol. The minimum absolute atomic E-state index is 0.643. The lowest BCUT2D eigenvalue weighted by Crippen LogP contribution is -2.15. The van der Waals surface area contributed by atoms with E-state index in [2.05, 4.69) is 36.2 Å². The molecule has 2 N–H and O–H groups in total. The number of fused-ring (bicyclic) bond motifs is 1. The Balaban J connectivity index is 1.84. The second-order valence-corrected chi connectivity index (χ2v) is 6.23. The highest BCUT2D eigenvalue weighted by Gasteiger charge is 2.12.